The number of hydrogen-bond acceptors (Lipinski definition) is 4. The molecule has 0 saturated heterocycles. The van der Waals surface area contributed by atoms with Crippen molar-refractivity contribution in [2.45, 2.75) is 0 Å². The number of aliphatic imine (C=N–C) groups is 1. The number of rotatable bonds is 4. The summed E-state index contributed by atoms with van der Waals surface area (Å²) in [6, 6.07) is 2.49. The summed E-state index contributed by atoms with van der Waals surface area (Å²) in [5, 5.41) is 0.446. The standard InChI is InChI=1S/C14H10Cl2F2N2O2/c1-21-9-4-10(22-2)13(18)14(12(9)17)20-6-7-5-19-11(16)3-8(7)15/h3-6H,1-2H3. The van der Waals surface area contributed by atoms with E-state index in [1.807, 2.05) is 0 Å². The molecule has 0 aliphatic rings. The van der Waals surface area contributed by atoms with Gasteiger partial charge in [-0.2, -0.15) is 0 Å². The topological polar surface area (TPSA) is 43.7 Å². The van der Waals surface area contributed by atoms with E-state index in [4.69, 9.17) is 32.7 Å². The lowest BCUT2D eigenvalue weighted by Gasteiger charge is -2.09. The molecule has 4 nitrogen and oxygen atoms in total. The lowest BCUT2D eigenvalue weighted by atomic mass is 10.2. The first kappa shape index (κ1) is 16.5. The highest BCUT2D eigenvalue weighted by atomic mass is 35.5. The largest absolute Gasteiger partial charge is 0.493 e. The molecule has 116 valence electrons. The van der Waals surface area contributed by atoms with Crippen LogP contribution < -0.4 is 9.47 Å². The van der Waals surface area contributed by atoms with Crippen molar-refractivity contribution < 1.29 is 18.3 Å². The van der Waals surface area contributed by atoms with Crippen LogP contribution in [0.4, 0.5) is 14.5 Å². The lowest BCUT2D eigenvalue weighted by molar-refractivity contribution is 0.359. The molecule has 0 N–H and O–H groups in total. The fraction of sp³-hybridized carbons (Fsp3) is 0.143. The number of methoxy groups -OCH3 is 2. The van der Waals surface area contributed by atoms with Gasteiger partial charge in [-0.3, -0.25) is 0 Å². The van der Waals surface area contributed by atoms with E-state index >= 15 is 0 Å². The monoisotopic (exact) mass is 346 g/mol. The molecule has 0 amide bonds. The van der Waals surface area contributed by atoms with Gasteiger partial charge in [0, 0.05) is 24.0 Å². The molecule has 1 aromatic heterocycles. The van der Waals surface area contributed by atoms with Crippen LogP contribution in [0.3, 0.4) is 0 Å². The molecule has 0 saturated carbocycles. The van der Waals surface area contributed by atoms with Gasteiger partial charge in [-0.25, -0.2) is 18.8 Å². The van der Waals surface area contributed by atoms with Gasteiger partial charge in [0.25, 0.3) is 0 Å². The number of hydrogen-bond donors (Lipinski definition) is 0. The molecular formula is C14H10Cl2F2N2O2. The van der Waals surface area contributed by atoms with Crippen LogP contribution in [-0.4, -0.2) is 25.4 Å². The Bertz CT molecular complexity index is 711. The van der Waals surface area contributed by atoms with Gasteiger partial charge in [0.2, 0.25) is 0 Å². The van der Waals surface area contributed by atoms with Crippen molar-refractivity contribution in [2.75, 3.05) is 14.2 Å². The Balaban J connectivity index is 2.50. The van der Waals surface area contributed by atoms with Crippen LogP contribution in [0.1, 0.15) is 5.56 Å². The van der Waals surface area contributed by atoms with Gasteiger partial charge < -0.3 is 9.47 Å². The van der Waals surface area contributed by atoms with Gasteiger partial charge in [-0.1, -0.05) is 23.2 Å². The first-order chi connectivity index (χ1) is 10.5. The first-order valence-corrected chi connectivity index (χ1v) is 6.68. The number of halogens is 4. The summed E-state index contributed by atoms with van der Waals surface area (Å²) in [4.78, 5) is 7.60. The predicted molar refractivity (Wildman–Crippen MR) is 81.0 cm³/mol. The highest BCUT2D eigenvalue weighted by molar-refractivity contribution is 6.35. The van der Waals surface area contributed by atoms with Crippen LogP contribution in [-0.2, 0) is 0 Å². The Morgan fingerprint density at radius 1 is 1.09 bits per heavy atom. The smallest absolute Gasteiger partial charge is 0.193 e. The van der Waals surface area contributed by atoms with E-state index in [-0.39, 0.29) is 21.7 Å². The van der Waals surface area contributed by atoms with E-state index in [2.05, 4.69) is 9.98 Å². The number of aromatic nitrogens is 1. The van der Waals surface area contributed by atoms with Crippen molar-refractivity contribution in [3.05, 3.63) is 45.7 Å². The third-order valence-electron chi connectivity index (χ3n) is 2.73. The van der Waals surface area contributed by atoms with Gasteiger partial charge in [0.15, 0.2) is 23.1 Å². The minimum atomic E-state index is -0.949. The van der Waals surface area contributed by atoms with E-state index in [9.17, 15) is 8.78 Å². The highest BCUT2D eigenvalue weighted by Crippen LogP contribution is 2.36. The summed E-state index contributed by atoms with van der Waals surface area (Å²) < 4.78 is 37.9. The maximum absolute atomic E-state index is 14.1. The quantitative estimate of drug-likeness (QED) is 0.607. The predicted octanol–water partition coefficient (Wildman–Crippen LogP) is 4.43. The van der Waals surface area contributed by atoms with Crippen molar-refractivity contribution in [1.29, 1.82) is 0 Å². The van der Waals surface area contributed by atoms with Crippen molar-refractivity contribution in [1.82, 2.24) is 4.98 Å². The minimum Gasteiger partial charge on any atom is -0.493 e. The molecule has 0 spiro atoms. The maximum Gasteiger partial charge on any atom is 0.193 e. The summed E-state index contributed by atoms with van der Waals surface area (Å²) in [6.07, 6.45) is 2.51. The molecule has 0 radical (unpaired) electrons. The normalized spacial score (nSPS) is 11.0. The number of benzene rings is 1. The highest BCUT2D eigenvalue weighted by Gasteiger charge is 2.19. The van der Waals surface area contributed by atoms with Crippen LogP contribution in [0.2, 0.25) is 10.2 Å². The minimum absolute atomic E-state index is 0.189. The summed E-state index contributed by atoms with van der Waals surface area (Å²) >= 11 is 11.6. The van der Waals surface area contributed by atoms with E-state index < -0.39 is 17.3 Å². The molecule has 2 rings (SSSR count). The molecule has 0 aliphatic heterocycles. The second kappa shape index (κ2) is 6.89. The average Bonchev–Trinajstić information content (AvgIpc) is 2.49. The molecule has 0 atom stereocenters. The van der Waals surface area contributed by atoms with E-state index in [0.29, 0.717) is 5.56 Å². The van der Waals surface area contributed by atoms with Gasteiger partial charge in [-0.05, 0) is 6.07 Å². The fourth-order valence-electron chi connectivity index (χ4n) is 1.63. The van der Waals surface area contributed by atoms with Crippen molar-refractivity contribution >= 4 is 35.1 Å². The summed E-state index contributed by atoms with van der Waals surface area (Å²) in [6.45, 7) is 0. The SMILES string of the molecule is COc1cc(OC)c(F)c(N=Cc2cnc(Cl)cc2Cl)c1F. The number of ether oxygens (including phenoxy) is 2. The summed E-state index contributed by atoms with van der Waals surface area (Å²) in [7, 11) is 2.51. The fourth-order valence-corrected chi connectivity index (χ4v) is 2.05. The van der Waals surface area contributed by atoms with Gasteiger partial charge >= 0.3 is 0 Å². The summed E-state index contributed by atoms with van der Waals surface area (Å²) in [5.41, 5.74) is -0.200. The Kier molecular flexibility index (Phi) is 5.15. The van der Waals surface area contributed by atoms with Crippen LogP contribution >= 0.6 is 23.2 Å². The Labute approximate surface area is 135 Å². The zero-order valence-corrected chi connectivity index (χ0v) is 13.0. The van der Waals surface area contributed by atoms with Gasteiger partial charge in [-0.15, -0.1) is 0 Å². The zero-order valence-electron chi connectivity index (χ0n) is 11.5. The Morgan fingerprint density at radius 3 is 2.18 bits per heavy atom. The van der Waals surface area contributed by atoms with Crippen LogP contribution in [0.25, 0.3) is 0 Å². The number of pyridine rings is 1. The third kappa shape index (κ3) is 3.28. The van der Waals surface area contributed by atoms with Crippen molar-refractivity contribution in [3.8, 4) is 11.5 Å². The zero-order chi connectivity index (χ0) is 16.3. The van der Waals surface area contributed by atoms with Crippen molar-refractivity contribution in [2.24, 2.45) is 4.99 Å². The lowest BCUT2D eigenvalue weighted by Crippen LogP contribution is -1.96. The van der Waals surface area contributed by atoms with Crippen LogP contribution in [0.15, 0.2) is 23.3 Å². The second-order valence-electron chi connectivity index (χ2n) is 4.04. The molecular weight excluding hydrogens is 337 g/mol. The third-order valence-corrected chi connectivity index (χ3v) is 3.27. The molecule has 22 heavy (non-hydrogen) atoms. The van der Waals surface area contributed by atoms with Gasteiger partial charge in [0.05, 0.1) is 19.2 Å². The van der Waals surface area contributed by atoms with Crippen molar-refractivity contribution in [3.63, 3.8) is 0 Å². The molecule has 0 bridgehead atoms. The molecule has 0 fully saturated rings. The average molecular weight is 347 g/mol. The Morgan fingerprint density at radius 2 is 1.68 bits per heavy atom. The second-order valence-corrected chi connectivity index (χ2v) is 4.84. The van der Waals surface area contributed by atoms with E-state index in [0.717, 1.165) is 6.07 Å². The van der Waals surface area contributed by atoms with Crippen LogP contribution in [0, 0.1) is 11.6 Å². The van der Waals surface area contributed by atoms with E-state index in [1.165, 1.54) is 32.7 Å². The molecule has 0 aliphatic carbocycles. The Hall–Kier alpha value is -1.92. The summed E-state index contributed by atoms with van der Waals surface area (Å²) in [5.74, 6) is -2.28. The molecule has 8 heteroatoms. The molecule has 0 unspecified atom stereocenters. The molecule has 1 aromatic carbocycles. The maximum atomic E-state index is 14.1. The first-order valence-electron chi connectivity index (χ1n) is 5.93. The molecule has 1 heterocycles. The van der Waals surface area contributed by atoms with E-state index in [1.54, 1.807) is 0 Å². The molecule has 2 aromatic rings. The van der Waals surface area contributed by atoms with Crippen LogP contribution in [0.5, 0.6) is 11.5 Å². The number of nitrogens with zero attached hydrogens (tertiary/aromatic N) is 2. The van der Waals surface area contributed by atoms with Gasteiger partial charge in [0.1, 0.15) is 10.8 Å².